The largest absolute Gasteiger partial charge is 0.376 e. The van der Waals surface area contributed by atoms with Gasteiger partial charge in [-0.3, -0.25) is 4.79 Å². The highest BCUT2D eigenvalue weighted by molar-refractivity contribution is 5.95. The number of carbonyl (C=O) groups excluding carboxylic acids is 1. The van der Waals surface area contributed by atoms with Crippen LogP contribution in [0.4, 0.5) is 5.69 Å². The molecule has 1 heterocycles. The molecule has 0 bridgehead atoms. The zero-order chi connectivity index (χ0) is 16.4. The lowest BCUT2D eigenvalue weighted by molar-refractivity contribution is -0.117. The number of nitrogens with one attached hydrogen (secondary N) is 2. The molecule has 1 aromatic carbocycles. The molecule has 138 valence electrons. The topological polar surface area (TPSA) is 50.4 Å². The number of amides is 1. The molecule has 0 radical (unpaired) electrons. The van der Waals surface area contributed by atoms with E-state index in [1.54, 1.807) is 0 Å². The van der Waals surface area contributed by atoms with Crippen LogP contribution in [-0.2, 0) is 16.1 Å². The Morgan fingerprint density at radius 1 is 1.20 bits per heavy atom. The first-order chi connectivity index (χ1) is 11.8. The van der Waals surface area contributed by atoms with E-state index in [1.807, 2.05) is 18.2 Å². The van der Waals surface area contributed by atoms with Crippen molar-refractivity contribution < 1.29 is 9.53 Å². The molecule has 2 aliphatic carbocycles. The van der Waals surface area contributed by atoms with Gasteiger partial charge in [0.25, 0.3) is 0 Å². The van der Waals surface area contributed by atoms with Gasteiger partial charge in [-0.05, 0) is 61.6 Å². The van der Waals surface area contributed by atoms with E-state index >= 15 is 0 Å². The zero-order valence-electron chi connectivity index (χ0n) is 14.7. The smallest absolute Gasteiger partial charge is 0.241 e. The Balaban J connectivity index is 0.00000182. The van der Waals surface area contributed by atoms with E-state index in [0.717, 1.165) is 30.2 Å². The van der Waals surface area contributed by atoms with Crippen LogP contribution in [0, 0.1) is 11.8 Å². The molecule has 1 amide bonds. The Morgan fingerprint density at radius 2 is 2.04 bits per heavy atom. The van der Waals surface area contributed by atoms with E-state index < -0.39 is 0 Å². The molecular weight excluding hydrogens is 336 g/mol. The van der Waals surface area contributed by atoms with Gasteiger partial charge in [0.05, 0.1) is 12.6 Å². The number of ether oxygens (including phenoxy) is 1. The molecule has 1 aliphatic heterocycles. The highest BCUT2D eigenvalue weighted by Gasteiger charge is 2.38. The third-order valence-corrected chi connectivity index (χ3v) is 5.69. The van der Waals surface area contributed by atoms with Crippen molar-refractivity contribution in [3.05, 3.63) is 29.8 Å². The summed E-state index contributed by atoms with van der Waals surface area (Å²) in [4.78, 5) is 12.6. The molecule has 4 rings (SSSR count). The average Bonchev–Trinajstić information content (AvgIpc) is 3.31. The molecule has 3 unspecified atom stereocenters. The van der Waals surface area contributed by atoms with Crippen molar-refractivity contribution in [1.29, 1.82) is 0 Å². The van der Waals surface area contributed by atoms with Gasteiger partial charge in [-0.25, -0.2) is 0 Å². The SMILES string of the molecule is Cl.O=C(Nc1cccc(COCC2CC2)c1)C1CC2CCCCC2N1. The number of hydrogen-bond acceptors (Lipinski definition) is 3. The summed E-state index contributed by atoms with van der Waals surface area (Å²) in [5.41, 5.74) is 2.01. The molecule has 0 spiro atoms. The molecule has 2 saturated carbocycles. The number of benzene rings is 1. The summed E-state index contributed by atoms with van der Waals surface area (Å²) in [6.07, 6.45) is 8.72. The number of anilines is 1. The fourth-order valence-corrected chi connectivity index (χ4v) is 4.12. The molecule has 1 aromatic rings. The van der Waals surface area contributed by atoms with Crippen molar-refractivity contribution in [2.45, 2.75) is 63.6 Å². The lowest BCUT2D eigenvalue weighted by Gasteiger charge is -2.24. The molecule has 0 aromatic heterocycles. The van der Waals surface area contributed by atoms with E-state index in [-0.39, 0.29) is 24.4 Å². The van der Waals surface area contributed by atoms with Crippen molar-refractivity contribution in [2.75, 3.05) is 11.9 Å². The second-order valence-electron chi connectivity index (χ2n) is 7.75. The van der Waals surface area contributed by atoms with E-state index in [0.29, 0.717) is 18.6 Å². The van der Waals surface area contributed by atoms with Gasteiger partial charge in [-0.2, -0.15) is 0 Å². The normalized spacial score (nSPS) is 28.1. The number of carbonyl (C=O) groups is 1. The molecule has 1 saturated heterocycles. The highest BCUT2D eigenvalue weighted by atomic mass is 35.5. The molecule has 3 aliphatic rings. The lowest BCUT2D eigenvalue weighted by Crippen LogP contribution is -2.39. The first-order valence-corrected chi connectivity index (χ1v) is 9.51. The first-order valence-electron chi connectivity index (χ1n) is 9.51. The van der Waals surface area contributed by atoms with Gasteiger partial charge < -0.3 is 15.4 Å². The van der Waals surface area contributed by atoms with Gasteiger partial charge >= 0.3 is 0 Å². The summed E-state index contributed by atoms with van der Waals surface area (Å²) in [6, 6.07) is 8.57. The van der Waals surface area contributed by atoms with E-state index in [4.69, 9.17) is 4.74 Å². The molecular formula is C20H29ClN2O2. The monoisotopic (exact) mass is 364 g/mol. The van der Waals surface area contributed by atoms with Crippen LogP contribution in [0.5, 0.6) is 0 Å². The first kappa shape index (κ1) is 18.7. The zero-order valence-corrected chi connectivity index (χ0v) is 15.5. The maximum absolute atomic E-state index is 12.6. The van der Waals surface area contributed by atoms with Crippen LogP contribution < -0.4 is 10.6 Å². The molecule has 2 N–H and O–H groups in total. The van der Waals surface area contributed by atoms with Crippen molar-refractivity contribution in [2.24, 2.45) is 11.8 Å². The fraction of sp³-hybridized carbons (Fsp3) is 0.650. The Labute approximate surface area is 156 Å². The predicted molar refractivity (Wildman–Crippen MR) is 102 cm³/mol. The van der Waals surface area contributed by atoms with Gasteiger partial charge in [0.2, 0.25) is 5.91 Å². The van der Waals surface area contributed by atoms with Crippen molar-refractivity contribution >= 4 is 24.0 Å². The van der Waals surface area contributed by atoms with Crippen molar-refractivity contribution in [3.8, 4) is 0 Å². The Morgan fingerprint density at radius 3 is 2.84 bits per heavy atom. The number of halogens is 1. The molecule has 3 fully saturated rings. The number of hydrogen-bond donors (Lipinski definition) is 2. The van der Waals surface area contributed by atoms with Crippen LogP contribution in [0.3, 0.4) is 0 Å². The maximum atomic E-state index is 12.6. The quantitative estimate of drug-likeness (QED) is 0.805. The third-order valence-electron chi connectivity index (χ3n) is 5.69. The lowest BCUT2D eigenvalue weighted by atomic mass is 9.85. The predicted octanol–water partition coefficient (Wildman–Crippen LogP) is 3.89. The molecule has 3 atom stereocenters. The summed E-state index contributed by atoms with van der Waals surface area (Å²) in [6.45, 7) is 1.50. The summed E-state index contributed by atoms with van der Waals surface area (Å²) in [5.74, 6) is 1.59. The average molecular weight is 365 g/mol. The maximum Gasteiger partial charge on any atom is 0.241 e. The summed E-state index contributed by atoms with van der Waals surface area (Å²) < 4.78 is 5.74. The van der Waals surface area contributed by atoms with Crippen LogP contribution in [0.1, 0.15) is 50.5 Å². The number of fused-ring (bicyclic) bond motifs is 1. The van der Waals surface area contributed by atoms with Crippen molar-refractivity contribution in [3.63, 3.8) is 0 Å². The summed E-state index contributed by atoms with van der Waals surface area (Å²) >= 11 is 0. The molecule has 25 heavy (non-hydrogen) atoms. The van der Waals surface area contributed by atoms with Crippen molar-refractivity contribution in [1.82, 2.24) is 5.32 Å². The Kier molecular flexibility index (Phi) is 6.37. The Bertz CT molecular complexity index is 577. The summed E-state index contributed by atoms with van der Waals surface area (Å²) in [5, 5.41) is 6.63. The summed E-state index contributed by atoms with van der Waals surface area (Å²) in [7, 11) is 0. The van der Waals surface area contributed by atoms with Crippen LogP contribution in [-0.4, -0.2) is 24.6 Å². The fourth-order valence-electron chi connectivity index (χ4n) is 4.12. The minimum absolute atomic E-state index is 0. The minimum atomic E-state index is -0.0344. The Hall–Kier alpha value is -1.10. The van der Waals surface area contributed by atoms with Crippen LogP contribution in [0.25, 0.3) is 0 Å². The van der Waals surface area contributed by atoms with E-state index in [1.165, 1.54) is 38.5 Å². The van der Waals surface area contributed by atoms with E-state index in [2.05, 4.69) is 16.7 Å². The van der Waals surface area contributed by atoms with Gasteiger partial charge in [0.1, 0.15) is 0 Å². The van der Waals surface area contributed by atoms with Crippen LogP contribution in [0.15, 0.2) is 24.3 Å². The third kappa shape index (κ3) is 4.96. The van der Waals surface area contributed by atoms with Crippen LogP contribution >= 0.6 is 12.4 Å². The van der Waals surface area contributed by atoms with Gasteiger partial charge in [-0.15, -0.1) is 12.4 Å². The molecule has 4 nitrogen and oxygen atoms in total. The van der Waals surface area contributed by atoms with Crippen LogP contribution in [0.2, 0.25) is 0 Å². The van der Waals surface area contributed by atoms with Gasteiger partial charge in [-0.1, -0.05) is 25.0 Å². The standard InChI is InChI=1S/C20H28N2O2.ClH/c23-20(19-11-16-5-1-2-7-18(16)22-19)21-17-6-3-4-15(10-17)13-24-12-14-8-9-14;/h3-4,6,10,14,16,18-19,22H,1-2,5,7-9,11-13H2,(H,21,23);1H. The minimum Gasteiger partial charge on any atom is -0.376 e. The van der Waals surface area contributed by atoms with Gasteiger partial charge in [0, 0.05) is 18.3 Å². The van der Waals surface area contributed by atoms with Gasteiger partial charge in [0.15, 0.2) is 0 Å². The van der Waals surface area contributed by atoms with E-state index in [9.17, 15) is 4.79 Å². The number of rotatable bonds is 6. The second-order valence-corrected chi connectivity index (χ2v) is 7.75. The second kappa shape index (κ2) is 8.52. The molecule has 5 heteroatoms. The highest BCUT2D eigenvalue weighted by Crippen LogP contribution is 2.33.